The predicted molar refractivity (Wildman–Crippen MR) is 119 cm³/mol. The molecule has 3 aromatic carbocycles. The van der Waals surface area contributed by atoms with E-state index >= 15 is 0 Å². The summed E-state index contributed by atoms with van der Waals surface area (Å²) in [6.07, 6.45) is 3.18. The second kappa shape index (κ2) is 7.38. The van der Waals surface area contributed by atoms with Crippen LogP contribution in [0.4, 0.5) is 5.88 Å². The molecule has 0 atom stereocenters. The number of para-hydroxylation sites is 1. The molecular weight excluding hydrogens is 394 g/mol. The maximum atomic E-state index is 13.5. The third kappa shape index (κ3) is 3.28. The van der Waals surface area contributed by atoms with Crippen LogP contribution in [0.3, 0.4) is 0 Å². The fourth-order valence-electron chi connectivity index (χ4n) is 3.58. The summed E-state index contributed by atoms with van der Waals surface area (Å²) in [5, 5.41) is 13.3. The molecule has 5 rings (SSSR count). The highest BCUT2D eigenvalue weighted by atomic mass is 16.6. The smallest absolute Gasteiger partial charge is 0.401 e. The van der Waals surface area contributed by atoms with Crippen LogP contribution in [0.2, 0.25) is 0 Å². The van der Waals surface area contributed by atoms with Crippen LogP contribution < -0.4 is 5.56 Å². The lowest BCUT2D eigenvalue weighted by molar-refractivity contribution is -0.402. The van der Waals surface area contributed by atoms with Gasteiger partial charge in [-0.3, -0.25) is 19.5 Å². The van der Waals surface area contributed by atoms with Crippen molar-refractivity contribution in [3.8, 4) is 5.69 Å². The molecule has 0 amide bonds. The second-order valence-corrected chi connectivity index (χ2v) is 6.89. The molecule has 0 spiro atoms. The van der Waals surface area contributed by atoms with Crippen LogP contribution in [0.1, 0.15) is 11.6 Å². The minimum absolute atomic E-state index is 0.202. The number of fused-ring (bicyclic) bond motifs is 2. The van der Waals surface area contributed by atoms with Gasteiger partial charge in [-0.15, -0.1) is 0 Å². The van der Waals surface area contributed by atoms with E-state index in [0.29, 0.717) is 28.2 Å². The lowest BCUT2D eigenvalue weighted by Gasteiger charge is -2.13. The highest BCUT2D eigenvalue weighted by molar-refractivity contribution is 5.91. The number of rotatable bonds is 4. The summed E-state index contributed by atoms with van der Waals surface area (Å²) >= 11 is 0. The zero-order chi connectivity index (χ0) is 21.4. The molecule has 0 N–H and O–H groups in total. The van der Waals surface area contributed by atoms with Crippen molar-refractivity contribution in [3.63, 3.8) is 0 Å². The Hall–Kier alpha value is -4.52. The molecule has 0 fully saturated rings. The molecule has 31 heavy (non-hydrogen) atoms. The summed E-state index contributed by atoms with van der Waals surface area (Å²) in [6.45, 7) is 0. The number of nitrogens with zero attached hydrogens (tertiary/aromatic N) is 3. The minimum atomic E-state index is -0.600. The molecule has 0 aliphatic rings. The first-order valence-electron chi connectivity index (χ1n) is 9.54. The van der Waals surface area contributed by atoms with Crippen LogP contribution in [-0.4, -0.2) is 14.5 Å². The molecule has 150 valence electrons. The Bertz CT molecular complexity index is 1540. The summed E-state index contributed by atoms with van der Waals surface area (Å²) in [5.41, 5.74) is 1.06. The van der Waals surface area contributed by atoms with Crippen LogP contribution in [0, 0.1) is 10.1 Å². The Morgan fingerprint density at radius 3 is 2.42 bits per heavy atom. The molecule has 0 aliphatic carbocycles. The van der Waals surface area contributed by atoms with Crippen LogP contribution in [0.25, 0.3) is 39.5 Å². The van der Waals surface area contributed by atoms with Gasteiger partial charge in [-0.1, -0.05) is 48.5 Å². The quantitative estimate of drug-likeness (QED) is 0.300. The van der Waals surface area contributed by atoms with Crippen LogP contribution in [-0.2, 0) is 0 Å². The predicted octanol–water partition coefficient (Wildman–Crippen LogP) is 5.21. The topological polar surface area (TPSA) is 91.2 Å². The lowest BCUT2D eigenvalue weighted by Crippen LogP contribution is -2.22. The van der Waals surface area contributed by atoms with Gasteiger partial charge < -0.3 is 4.42 Å². The third-order valence-electron chi connectivity index (χ3n) is 5.00. The van der Waals surface area contributed by atoms with E-state index in [0.717, 1.165) is 10.8 Å². The Kier molecular flexibility index (Phi) is 4.41. The first-order valence-corrected chi connectivity index (χ1v) is 9.54. The van der Waals surface area contributed by atoms with E-state index in [1.54, 1.807) is 34.9 Å². The fourth-order valence-corrected chi connectivity index (χ4v) is 3.58. The van der Waals surface area contributed by atoms with Crippen molar-refractivity contribution in [2.24, 2.45) is 0 Å². The Morgan fingerprint density at radius 1 is 0.871 bits per heavy atom. The van der Waals surface area contributed by atoms with E-state index in [1.165, 1.54) is 12.1 Å². The zero-order valence-electron chi connectivity index (χ0n) is 16.1. The first-order chi connectivity index (χ1) is 15.1. The molecule has 7 nitrogen and oxygen atoms in total. The van der Waals surface area contributed by atoms with Gasteiger partial charge in [-0.2, -0.15) is 0 Å². The van der Waals surface area contributed by atoms with Gasteiger partial charge in [0.1, 0.15) is 16.5 Å². The number of aromatic nitrogens is 2. The molecular formula is C24H15N3O4. The van der Waals surface area contributed by atoms with E-state index in [9.17, 15) is 14.9 Å². The number of furan rings is 1. The molecule has 0 unspecified atom stereocenters. The van der Waals surface area contributed by atoms with Crippen molar-refractivity contribution in [2.75, 3.05) is 0 Å². The maximum Gasteiger partial charge on any atom is 0.433 e. The molecule has 0 radical (unpaired) electrons. The number of nitro groups is 1. The molecule has 2 heterocycles. The number of hydrogen-bond donors (Lipinski definition) is 0. The lowest BCUT2D eigenvalue weighted by atomic mass is 10.1. The Morgan fingerprint density at radius 2 is 1.61 bits per heavy atom. The van der Waals surface area contributed by atoms with Crippen molar-refractivity contribution in [1.29, 1.82) is 0 Å². The van der Waals surface area contributed by atoms with E-state index in [1.807, 2.05) is 48.5 Å². The molecule has 5 aromatic rings. The normalized spacial score (nSPS) is 11.5. The van der Waals surface area contributed by atoms with Crippen molar-refractivity contribution >= 4 is 39.7 Å². The summed E-state index contributed by atoms with van der Waals surface area (Å²) in [6, 6.07) is 23.5. The molecule has 0 bridgehead atoms. The summed E-state index contributed by atoms with van der Waals surface area (Å²) in [7, 11) is 0. The van der Waals surface area contributed by atoms with E-state index in [-0.39, 0.29) is 11.4 Å². The third-order valence-corrected chi connectivity index (χ3v) is 5.00. The number of benzene rings is 3. The van der Waals surface area contributed by atoms with Crippen LogP contribution in [0.15, 0.2) is 88.1 Å². The Labute approximate surface area is 175 Å². The van der Waals surface area contributed by atoms with Gasteiger partial charge in [-0.05, 0) is 41.8 Å². The molecule has 0 saturated carbocycles. The summed E-state index contributed by atoms with van der Waals surface area (Å²) in [4.78, 5) is 28.4. The maximum absolute atomic E-state index is 13.5. The summed E-state index contributed by atoms with van der Waals surface area (Å²) < 4.78 is 6.75. The Balaban J connectivity index is 1.76. The van der Waals surface area contributed by atoms with E-state index in [2.05, 4.69) is 4.98 Å². The number of hydrogen-bond acceptors (Lipinski definition) is 5. The fraction of sp³-hybridized carbons (Fsp3) is 0. The van der Waals surface area contributed by atoms with Crippen LogP contribution >= 0.6 is 0 Å². The average Bonchev–Trinajstić information content (AvgIpc) is 3.27. The second-order valence-electron chi connectivity index (χ2n) is 6.89. The summed E-state index contributed by atoms with van der Waals surface area (Å²) in [5.74, 6) is 0.329. The SMILES string of the molecule is O=c1c2ccccc2nc(/C=C/c2ccc([N+](=O)[O-])o2)n1-c1cccc2ccccc12. The standard InChI is InChI=1S/C24H15N3O4/c28-24-19-9-3-4-10-20(19)25-22(14-12-17-13-15-23(31-17)27(29)30)26(24)21-11-5-7-16-6-1-2-8-18(16)21/h1-15H/b14-12+. The van der Waals surface area contributed by atoms with Gasteiger partial charge in [-0.25, -0.2) is 4.98 Å². The average molecular weight is 409 g/mol. The van der Waals surface area contributed by atoms with Gasteiger partial charge in [0.2, 0.25) is 0 Å². The largest absolute Gasteiger partial charge is 0.433 e. The van der Waals surface area contributed by atoms with Crippen molar-refractivity contribution in [2.45, 2.75) is 0 Å². The van der Waals surface area contributed by atoms with E-state index < -0.39 is 4.92 Å². The van der Waals surface area contributed by atoms with Crippen molar-refractivity contribution < 1.29 is 9.34 Å². The molecule has 2 aromatic heterocycles. The van der Waals surface area contributed by atoms with Crippen molar-refractivity contribution in [1.82, 2.24) is 9.55 Å². The van der Waals surface area contributed by atoms with Gasteiger partial charge in [0.15, 0.2) is 0 Å². The first kappa shape index (κ1) is 18.5. The van der Waals surface area contributed by atoms with Crippen LogP contribution in [0.5, 0.6) is 0 Å². The van der Waals surface area contributed by atoms with Gasteiger partial charge in [0.05, 0.1) is 22.7 Å². The van der Waals surface area contributed by atoms with E-state index in [4.69, 9.17) is 4.42 Å². The highest BCUT2D eigenvalue weighted by Crippen LogP contribution is 2.24. The van der Waals surface area contributed by atoms with Gasteiger partial charge in [0.25, 0.3) is 5.56 Å². The molecule has 7 heteroatoms. The van der Waals surface area contributed by atoms with Gasteiger partial charge in [0, 0.05) is 5.39 Å². The monoisotopic (exact) mass is 409 g/mol. The molecule has 0 aliphatic heterocycles. The van der Waals surface area contributed by atoms with Crippen molar-refractivity contribution in [3.05, 3.63) is 111 Å². The minimum Gasteiger partial charge on any atom is -0.401 e. The highest BCUT2D eigenvalue weighted by Gasteiger charge is 2.14. The zero-order valence-corrected chi connectivity index (χ0v) is 16.1. The van der Waals surface area contributed by atoms with Gasteiger partial charge >= 0.3 is 5.88 Å². The molecule has 0 saturated heterocycles.